The summed E-state index contributed by atoms with van der Waals surface area (Å²) in [6, 6.07) is 0. The van der Waals surface area contributed by atoms with Crippen LogP contribution in [0.15, 0.2) is 23.0 Å². The van der Waals surface area contributed by atoms with E-state index in [-0.39, 0.29) is 11.2 Å². The van der Waals surface area contributed by atoms with E-state index in [1.807, 2.05) is 13.0 Å². The summed E-state index contributed by atoms with van der Waals surface area (Å²) in [5.41, 5.74) is 1.73. The molecule has 0 bridgehead atoms. The molecule has 1 N–H and O–H groups in total. The minimum absolute atomic E-state index is 0.0367. The van der Waals surface area contributed by atoms with Gasteiger partial charge in [-0.3, -0.25) is 4.79 Å². The van der Waals surface area contributed by atoms with Gasteiger partial charge in [0, 0.05) is 12.8 Å². The van der Waals surface area contributed by atoms with E-state index in [1.54, 1.807) is 0 Å². The topological polar surface area (TPSA) is 37.3 Å². The number of hydrogen-bond acceptors (Lipinski definition) is 2. The maximum atomic E-state index is 11.9. The maximum Gasteiger partial charge on any atom is 0.159 e. The average Bonchev–Trinajstić information content (AvgIpc) is 2.06. The highest BCUT2D eigenvalue weighted by atomic mass is 16.3. The molecule has 0 aromatic carbocycles. The molecule has 0 aromatic heterocycles. The molecule has 15 heavy (non-hydrogen) atoms. The van der Waals surface area contributed by atoms with Crippen molar-refractivity contribution < 1.29 is 9.90 Å². The van der Waals surface area contributed by atoms with Crippen LogP contribution in [0.4, 0.5) is 0 Å². The minimum atomic E-state index is 0.0367. The first-order valence-corrected chi connectivity index (χ1v) is 5.42. The van der Waals surface area contributed by atoms with Crippen LogP contribution in [0, 0.1) is 5.41 Å². The summed E-state index contributed by atoms with van der Waals surface area (Å²) >= 11 is 0. The zero-order valence-electron chi connectivity index (χ0n) is 10.1. The fraction of sp³-hybridized carbons (Fsp3) is 0.615. The van der Waals surface area contributed by atoms with Gasteiger partial charge >= 0.3 is 0 Å². The SMILES string of the molecule is CC1=C(O)CCC(C(=O)CC(C)(C)C)=C1. The molecule has 1 rings (SSSR count). The lowest BCUT2D eigenvalue weighted by Gasteiger charge is -2.20. The summed E-state index contributed by atoms with van der Waals surface area (Å²) in [5.74, 6) is 0.636. The van der Waals surface area contributed by atoms with Crippen molar-refractivity contribution in [2.45, 2.75) is 47.0 Å². The summed E-state index contributed by atoms with van der Waals surface area (Å²) in [4.78, 5) is 11.9. The van der Waals surface area contributed by atoms with Gasteiger partial charge in [0.25, 0.3) is 0 Å². The molecule has 0 aromatic rings. The van der Waals surface area contributed by atoms with E-state index >= 15 is 0 Å². The normalized spacial score (nSPS) is 17.7. The minimum Gasteiger partial charge on any atom is -0.512 e. The highest BCUT2D eigenvalue weighted by molar-refractivity contribution is 5.96. The van der Waals surface area contributed by atoms with Crippen molar-refractivity contribution in [1.29, 1.82) is 0 Å². The molecule has 2 heteroatoms. The molecule has 2 nitrogen and oxygen atoms in total. The number of Topliss-reactive ketones (excluding diaryl/α,β-unsaturated/α-hetero) is 1. The van der Waals surface area contributed by atoms with Crippen molar-refractivity contribution >= 4 is 5.78 Å². The highest BCUT2D eigenvalue weighted by Crippen LogP contribution is 2.27. The van der Waals surface area contributed by atoms with Gasteiger partial charge in [0.05, 0.1) is 5.76 Å². The molecule has 0 saturated carbocycles. The smallest absolute Gasteiger partial charge is 0.159 e. The van der Waals surface area contributed by atoms with Crippen molar-refractivity contribution in [2.24, 2.45) is 5.41 Å². The van der Waals surface area contributed by atoms with Gasteiger partial charge in [-0.15, -0.1) is 0 Å². The summed E-state index contributed by atoms with van der Waals surface area (Å²) in [7, 11) is 0. The van der Waals surface area contributed by atoms with Crippen molar-refractivity contribution in [3.05, 3.63) is 23.0 Å². The van der Waals surface area contributed by atoms with E-state index < -0.39 is 0 Å². The van der Waals surface area contributed by atoms with Gasteiger partial charge < -0.3 is 5.11 Å². The third-order valence-electron chi connectivity index (χ3n) is 2.53. The van der Waals surface area contributed by atoms with E-state index in [2.05, 4.69) is 20.8 Å². The second-order valence-corrected chi connectivity index (χ2v) is 5.46. The van der Waals surface area contributed by atoms with Crippen LogP contribution < -0.4 is 0 Å². The number of aliphatic hydroxyl groups excluding tert-OH is 1. The Morgan fingerprint density at radius 2 is 2.00 bits per heavy atom. The molecule has 0 atom stereocenters. The van der Waals surface area contributed by atoms with Crippen LogP contribution >= 0.6 is 0 Å². The molecule has 0 spiro atoms. The lowest BCUT2D eigenvalue weighted by Crippen LogP contribution is -2.16. The Hall–Kier alpha value is -1.05. The van der Waals surface area contributed by atoms with Crippen molar-refractivity contribution in [3.63, 3.8) is 0 Å². The Morgan fingerprint density at radius 1 is 1.40 bits per heavy atom. The Morgan fingerprint density at radius 3 is 2.47 bits per heavy atom. The van der Waals surface area contributed by atoms with E-state index in [1.165, 1.54) is 0 Å². The lowest BCUT2D eigenvalue weighted by molar-refractivity contribution is -0.117. The van der Waals surface area contributed by atoms with Crippen molar-refractivity contribution in [3.8, 4) is 0 Å². The fourth-order valence-corrected chi connectivity index (χ4v) is 1.68. The molecule has 0 unspecified atom stereocenters. The van der Waals surface area contributed by atoms with Gasteiger partial charge in [0.1, 0.15) is 0 Å². The molecule has 1 aliphatic rings. The van der Waals surface area contributed by atoms with Crippen LogP contribution in [0.3, 0.4) is 0 Å². The molecule has 0 aliphatic heterocycles. The van der Waals surface area contributed by atoms with E-state index in [0.717, 1.165) is 11.1 Å². The number of hydrogen-bond donors (Lipinski definition) is 1. The molecule has 84 valence electrons. The number of rotatable bonds is 2. The monoisotopic (exact) mass is 208 g/mol. The van der Waals surface area contributed by atoms with E-state index in [4.69, 9.17) is 0 Å². The van der Waals surface area contributed by atoms with Crippen LogP contribution in [0.25, 0.3) is 0 Å². The Kier molecular flexibility index (Phi) is 3.38. The van der Waals surface area contributed by atoms with Gasteiger partial charge in [-0.05, 0) is 36.0 Å². The fourth-order valence-electron chi connectivity index (χ4n) is 1.68. The molecule has 0 saturated heterocycles. The molecular weight excluding hydrogens is 188 g/mol. The van der Waals surface area contributed by atoms with Crippen LogP contribution in [-0.4, -0.2) is 10.9 Å². The summed E-state index contributed by atoms with van der Waals surface area (Å²) in [6.45, 7) is 8.04. The van der Waals surface area contributed by atoms with Crippen molar-refractivity contribution in [1.82, 2.24) is 0 Å². The Balaban J connectivity index is 2.75. The van der Waals surface area contributed by atoms with Gasteiger partial charge in [-0.25, -0.2) is 0 Å². The molecule has 1 aliphatic carbocycles. The average molecular weight is 208 g/mol. The molecule has 0 radical (unpaired) electrons. The molecule has 0 heterocycles. The zero-order chi connectivity index (χ0) is 11.6. The van der Waals surface area contributed by atoms with Gasteiger partial charge in [-0.2, -0.15) is 0 Å². The van der Waals surface area contributed by atoms with Crippen LogP contribution in [0.2, 0.25) is 0 Å². The molecule has 0 amide bonds. The quantitative estimate of drug-likeness (QED) is 0.753. The molecular formula is C13H20O2. The Labute approximate surface area is 91.7 Å². The van der Waals surface area contributed by atoms with Gasteiger partial charge in [0.2, 0.25) is 0 Å². The zero-order valence-corrected chi connectivity index (χ0v) is 10.1. The number of carbonyl (C=O) groups is 1. The summed E-state index contributed by atoms with van der Waals surface area (Å²) in [5, 5.41) is 9.43. The maximum absolute atomic E-state index is 11.9. The largest absolute Gasteiger partial charge is 0.512 e. The van der Waals surface area contributed by atoms with Crippen LogP contribution in [0.1, 0.15) is 47.0 Å². The number of aliphatic hydroxyl groups is 1. The van der Waals surface area contributed by atoms with Crippen molar-refractivity contribution in [2.75, 3.05) is 0 Å². The standard InChI is InChI=1S/C13H20O2/c1-9-7-10(5-6-11(9)14)12(15)8-13(2,3)4/h7,14H,5-6,8H2,1-4H3. The predicted octanol–water partition coefficient (Wildman–Crippen LogP) is 3.54. The predicted molar refractivity (Wildman–Crippen MR) is 61.7 cm³/mol. The number of allylic oxidation sites excluding steroid dienone is 4. The second kappa shape index (κ2) is 4.21. The van der Waals surface area contributed by atoms with Gasteiger partial charge in [-0.1, -0.05) is 20.8 Å². The van der Waals surface area contributed by atoms with E-state index in [0.29, 0.717) is 25.0 Å². The second-order valence-electron chi connectivity index (χ2n) is 5.46. The number of ketones is 1. The Bertz CT molecular complexity index is 327. The lowest BCUT2D eigenvalue weighted by atomic mass is 9.85. The number of carbonyl (C=O) groups excluding carboxylic acids is 1. The van der Waals surface area contributed by atoms with E-state index in [9.17, 15) is 9.90 Å². The third kappa shape index (κ3) is 3.54. The molecule has 0 fully saturated rings. The van der Waals surface area contributed by atoms with Crippen LogP contribution in [0.5, 0.6) is 0 Å². The van der Waals surface area contributed by atoms with Crippen LogP contribution in [-0.2, 0) is 4.79 Å². The summed E-state index contributed by atoms with van der Waals surface area (Å²) in [6.07, 6.45) is 3.69. The third-order valence-corrected chi connectivity index (χ3v) is 2.53. The highest BCUT2D eigenvalue weighted by Gasteiger charge is 2.21. The first-order chi connectivity index (χ1) is 6.79. The first kappa shape index (κ1) is 12.0. The summed E-state index contributed by atoms with van der Waals surface area (Å²) < 4.78 is 0. The van der Waals surface area contributed by atoms with Gasteiger partial charge in [0.15, 0.2) is 5.78 Å². The first-order valence-electron chi connectivity index (χ1n) is 5.42.